The maximum atomic E-state index is 14.1. The molecule has 14 rings (SSSR count). The van der Waals surface area contributed by atoms with Gasteiger partial charge in [0.15, 0.2) is 70.5 Å². The maximum Gasteiger partial charge on any atom is 0.361 e. The van der Waals surface area contributed by atoms with Gasteiger partial charge in [0.25, 0.3) is 23.5 Å². The molecule has 4 fully saturated rings. The van der Waals surface area contributed by atoms with Crippen LogP contribution in [-0.2, 0) is 96.5 Å². The second kappa shape index (κ2) is 46.1. The van der Waals surface area contributed by atoms with Gasteiger partial charge in [0.2, 0.25) is 23.6 Å². The third kappa shape index (κ3) is 27.0. The van der Waals surface area contributed by atoms with Crippen molar-refractivity contribution in [2.24, 2.45) is 0 Å². The highest BCUT2D eigenvalue weighted by molar-refractivity contribution is 7.46. The van der Waals surface area contributed by atoms with Crippen LogP contribution in [0.5, 0.6) is 0 Å². The number of imidazole rings is 2. The Morgan fingerprint density at radius 3 is 1.28 bits per heavy atom. The molecule has 10 aromatic rings. The highest BCUT2D eigenvalue weighted by atomic mass is 31.2. The highest BCUT2D eigenvalue weighted by Crippen LogP contribution is 2.50. The topological polar surface area (TPSA) is 781 Å². The predicted octanol–water partition coefficient (Wildman–Crippen LogP) is 0.854. The van der Waals surface area contributed by atoms with Crippen molar-refractivity contribution < 1.29 is 147 Å². The number of phosphoric ester groups is 4. The van der Waals surface area contributed by atoms with E-state index in [0.717, 1.165) is 32.9 Å². The van der Waals surface area contributed by atoms with Crippen LogP contribution in [0.3, 0.4) is 0 Å². The number of esters is 2. The zero-order chi connectivity index (χ0) is 96.6. The number of aromatic nitrogens is 14. The summed E-state index contributed by atoms with van der Waals surface area (Å²) in [5, 5.41) is 36.4. The molecule has 0 bridgehead atoms. The number of amides is 2. The zero-order valence-electron chi connectivity index (χ0n) is 71.1. The van der Waals surface area contributed by atoms with E-state index in [1.807, 2.05) is 27.7 Å². The minimum atomic E-state index is -5.60. The number of ether oxygens (including phenoxy) is 6. The number of benzene rings is 2. The molecular formula is C77H95N20O33P4-5. The highest BCUT2D eigenvalue weighted by Gasteiger charge is 2.52. The van der Waals surface area contributed by atoms with Crippen molar-refractivity contribution in [2.45, 2.75) is 180 Å². The molecule has 12 heterocycles. The van der Waals surface area contributed by atoms with Crippen LogP contribution in [0.1, 0.15) is 136 Å². The fourth-order valence-electron chi connectivity index (χ4n) is 13.5. The summed E-state index contributed by atoms with van der Waals surface area (Å²) in [5.41, 5.74) is 23.5. The number of carbonyl (C=O) groups excluding carboxylic acids is 4. The van der Waals surface area contributed by atoms with Gasteiger partial charge in [-0.25, -0.2) is 59.0 Å². The second-order valence-electron chi connectivity index (χ2n) is 28.9. The number of nitrogens with two attached hydrogens (primary N) is 4. The summed E-state index contributed by atoms with van der Waals surface area (Å²) in [6.07, 6.45) is -11.6. The van der Waals surface area contributed by atoms with Gasteiger partial charge in [-0.1, -0.05) is 93.1 Å². The van der Waals surface area contributed by atoms with E-state index in [1.54, 1.807) is 67.6 Å². The van der Waals surface area contributed by atoms with E-state index in [9.17, 15) is 86.6 Å². The van der Waals surface area contributed by atoms with Gasteiger partial charge in [0.05, 0.1) is 72.2 Å². The average Bonchev–Trinajstić information content (AvgIpc) is 1.61. The summed E-state index contributed by atoms with van der Waals surface area (Å²) in [6, 6.07) is 16.1. The second-order valence-corrected chi connectivity index (χ2v) is 34.0. The number of fused-ring (bicyclic) bond motifs is 2. The minimum absolute atomic E-state index is 0. The molecule has 4 aliphatic rings. The molecule has 0 saturated carbocycles. The molecule has 17 atom stereocenters. The minimum Gasteiger partial charge on any atom is -0.790 e. The number of allylic oxidation sites excluding steroid dienone is 2. The summed E-state index contributed by atoms with van der Waals surface area (Å²) < 4.78 is 131. The number of nitrogens with one attached hydrogen (secondary N) is 2. The van der Waals surface area contributed by atoms with Crippen LogP contribution in [-0.4, -0.2) is 206 Å². The number of hydrogen-bond donors (Lipinski definition) is 10. The number of aliphatic hydroxyl groups is 3. The van der Waals surface area contributed by atoms with Gasteiger partial charge in [-0.15, -0.1) is 13.2 Å². The first kappa shape index (κ1) is 105. The van der Waals surface area contributed by atoms with Crippen LogP contribution < -0.4 is 69.4 Å². The lowest BCUT2D eigenvalue weighted by Gasteiger charge is -2.32. The summed E-state index contributed by atoms with van der Waals surface area (Å²) in [4.78, 5) is 188. The van der Waals surface area contributed by atoms with E-state index < -0.39 is 180 Å². The number of oxazole rings is 2. The monoisotopic (exact) mass is 1950 g/mol. The number of rotatable bonds is 36. The first-order valence-electron chi connectivity index (χ1n) is 40.3. The Kier molecular flexibility index (Phi) is 36.0. The number of anilines is 4. The Bertz CT molecular complexity index is 5730. The first-order chi connectivity index (χ1) is 63.2. The molecule has 4 aliphatic heterocycles. The molecule has 8 aromatic heterocycles. The van der Waals surface area contributed by atoms with Gasteiger partial charge in [-0.3, -0.25) is 41.6 Å². The number of aliphatic hydroxyl groups excluding tert-OH is 3. The SMILES string of the molecule is C.C=CCCC(=O)NCc1nc(C(=O)OC2[C@@H](COP(=O)([O-])OC3C[C@H](n4ccc(N)nc4=O)O[C@@H]3COP(=O)([O-])O)O[C@@H](n3cnc4c(N)ncnc43)[C@H]2O)c(-c2ccc(C)cc2)o1.C=CCCC(=O)NCc1nc(C(=O)OC2[C@@H](COP(=O)([O-])OC3C[C@H](n4ccc(N)nc4=O)O[C@@H]3COP(=O)([O-])[O-])O[C@@H](n3cnc4c(N)ncnc43)[C@H]2O)c(-c2ccc(C)cc2)o1.CC.CCO. The summed E-state index contributed by atoms with van der Waals surface area (Å²) in [6.45, 7) is 12.5. The molecule has 726 valence electrons. The standard InChI is InChI=1S/2C36H42N10O16P2.C2H6O.C2H6.CH4/c2*1-3-4-5-24(47)39-13-25-44-27(30(60-25)19-8-6-18(2)7-9-19)35(49)61-31-22(59-34(29(31)48)46-17-42-28-32(38)40-16-41-33(28)46)15-57-64(54,55)62-20-12-26(45-11-10-23(37)43-36(45)50)58-21(20)14-56-63(51,52)53;1-2-3;1-2;/h2*3,6-11,16-17,20-22,26,29,31,34,48H,1,4-5,12-15H2,2H3,(H,39,47)(H,54,55)(H2,37,43,50)(H2,38,40,41)(H2,51,52,53);3H,2H2,1H3;1-2H3;1H4/p-5/t2*20?,21-,22-,26-,29+,31?,34-;;;/m11.../s1. The van der Waals surface area contributed by atoms with Crippen molar-refractivity contribution in [3.05, 3.63) is 179 Å². The maximum absolute atomic E-state index is 14.1. The van der Waals surface area contributed by atoms with Gasteiger partial charge in [-0.2, -0.15) is 9.97 Å². The molecule has 2 aromatic carbocycles. The van der Waals surface area contributed by atoms with Crippen molar-refractivity contribution in [3.8, 4) is 22.6 Å². The molecule has 7 unspecified atom stereocenters. The largest absolute Gasteiger partial charge is 0.790 e. The Hall–Kier alpha value is -11.6. The van der Waals surface area contributed by atoms with Gasteiger partial charge in [0, 0.05) is 55.8 Å². The van der Waals surface area contributed by atoms with Crippen LogP contribution in [0.2, 0.25) is 0 Å². The number of aryl methyl sites for hydroxylation is 2. The van der Waals surface area contributed by atoms with Crippen LogP contribution in [0, 0.1) is 13.8 Å². The van der Waals surface area contributed by atoms with E-state index in [2.05, 4.69) is 82.7 Å². The predicted molar refractivity (Wildman–Crippen MR) is 454 cm³/mol. The third-order valence-electron chi connectivity index (χ3n) is 19.6. The van der Waals surface area contributed by atoms with Crippen molar-refractivity contribution >= 4 is 101 Å². The van der Waals surface area contributed by atoms with E-state index in [-0.39, 0.29) is 132 Å². The van der Waals surface area contributed by atoms with Crippen molar-refractivity contribution in [1.29, 1.82) is 0 Å². The van der Waals surface area contributed by atoms with E-state index in [1.165, 1.54) is 46.3 Å². The number of phosphoric acid groups is 4. The zero-order valence-corrected chi connectivity index (χ0v) is 74.6. The summed E-state index contributed by atoms with van der Waals surface area (Å²) in [5.74, 6) is -3.54. The first-order valence-corrected chi connectivity index (χ1v) is 46.2. The lowest BCUT2D eigenvalue weighted by atomic mass is 10.1. The fourth-order valence-corrected chi connectivity index (χ4v) is 16.0. The smallest absolute Gasteiger partial charge is 0.361 e. The average molecular weight is 1950 g/mol. The van der Waals surface area contributed by atoms with Crippen molar-refractivity contribution in [2.75, 3.05) is 56.0 Å². The number of hydrogen-bond acceptors (Lipinski definition) is 46. The number of nitrogens with zero attached hydrogens (tertiary/aromatic N) is 14. The molecule has 14 N–H and O–H groups in total. The summed E-state index contributed by atoms with van der Waals surface area (Å²) >= 11 is 0. The molecule has 53 nitrogen and oxygen atoms in total. The normalized spacial score (nSPS) is 22.7. The van der Waals surface area contributed by atoms with Crippen LogP contribution in [0.4, 0.5) is 23.3 Å². The molecule has 134 heavy (non-hydrogen) atoms. The summed E-state index contributed by atoms with van der Waals surface area (Å²) in [7, 11) is -22.0. The molecule has 0 aliphatic carbocycles. The Labute approximate surface area is 759 Å². The molecule has 57 heteroatoms. The number of nitrogen functional groups attached to an aromatic ring is 4. The van der Waals surface area contributed by atoms with E-state index in [4.69, 9.17) is 83.4 Å². The molecule has 0 spiro atoms. The molecule has 4 saturated heterocycles. The molecular weight excluding hydrogens is 1860 g/mol. The van der Waals surface area contributed by atoms with Gasteiger partial charge >= 0.3 is 23.3 Å². The van der Waals surface area contributed by atoms with Gasteiger partial charge < -0.3 is 147 Å². The Morgan fingerprint density at radius 1 is 0.545 bits per heavy atom. The number of carbonyl (C=O) groups is 4. The quantitative estimate of drug-likeness (QED) is 0.0148. The molecule has 2 amide bonds. The van der Waals surface area contributed by atoms with Gasteiger partial charge in [-0.05, 0) is 45.7 Å². The van der Waals surface area contributed by atoms with Gasteiger partial charge in [0.1, 0.15) is 84.4 Å². The Balaban J connectivity index is 0.000000263. The van der Waals surface area contributed by atoms with E-state index in [0.29, 0.717) is 24.0 Å². The lowest BCUT2D eigenvalue weighted by Crippen LogP contribution is -2.39. The molecule has 0 radical (unpaired) electrons. The van der Waals surface area contributed by atoms with Crippen molar-refractivity contribution in [3.63, 3.8) is 0 Å². The fraction of sp³-hybridized carbons (Fsp3) is 0.429. The Morgan fingerprint density at radius 2 is 0.918 bits per heavy atom. The van der Waals surface area contributed by atoms with Crippen LogP contribution >= 0.6 is 31.3 Å². The van der Waals surface area contributed by atoms with Crippen LogP contribution in [0.25, 0.3) is 45.0 Å². The van der Waals surface area contributed by atoms with E-state index >= 15 is 0 Å². The van der Waals surface area contributed by atoms with Crippen LogP contribution in [0.15, 0.2) is 142 Å². The third-order valence-corrected chi connectivity index (χ3v) is 22.5. The lowest BCUT2D eigenvalue weighted by molar-refractivity contribution is -0.343. The van der Waals surface area contributed by atoms with Crippen molar-refractivity contribution in [1.82, 2.24) is 78.7 Å².